The fraction of sp³-hybridized carbons (Fsp3) is 0.421. The Labute approximate surface area is 156 Å². The Morgan fingerprint density at radius 1 is 1.38 bits per heavy atom. The predicted octanol–water partition coefficient (Wildman–Crippen LogP) is 3.17. The largest absolute Gasteiger partial charge is 0.484 e. The van der Waals surface area contributed by atoms with Gasteiger partial charge in [0.05, 0.1) is 5.69 Å². The van der Waals surface area contributed by atoms with E-state index in [2.05, 4.69) is 22.5 Å². The van der Waals surface area contributed by atoms with Gasteiger partial charge in [0, 0.05) is 17.0 Å². The molecule has 2 aromatic rings. The average molecular weight is 371 g/mol. The Bertz CT molecular complexity index is 862. The molecule has 7 heteroatoms. The van der Waals surface area contributed by atoms with Crippen molar-refractivity contribution in [1.29, 1.82) is 0 Å². The zero-order valence-corrected chi connectivity index (χ0v) is 15.4. The third-order valence-electron chi connectivity index (χ3n) is 4.77. The number of aromatic nitrogens is 1. The van der Waals surface area contributed by atoms with Crippen LogP contribution in [-0.4, -0.2) is 23.4 Å². The molecule has 4 rings (SSSR count). The number of ether oxygens (including phenoxy) is 1. The molecule has 6 nitrogen and oxygen atoms in total. The number of rotatable bonds is 4. The molecule has 2 aliphatic rings. The minimum atomic E-state index is -0.213. The number of fused-ring (bicyclic) bond motifs is 2. The summed E-state index contributed by atoms with van der Waals surface area (Å²) in [6.45, 7) is 2.19. The van der Waals surface area contributed by atoms with Crippen LogP contribution in [0.15, 0.2) is 18.2 Å². The van der Waals surface area contributed by atoms with E-state index in [1.165, 1.54) is 4.88 Å². The maximum atomic E-state index is 12.2. The van der Waals surface area contributed by atoms with Crippen LogP contribution in [-0.2, 0) is 28.9 Å². The first-order valence-electron chi connectivity index (χ1n) is 8.91. The molecule has 0 saturated heterocycles. The van der Waals surface area contributed by atoms with Gasteiger partial charge >= 0.3 is 0 Å². The molecule has 26 heavy (non-hydrogen) atoms. The van der Waals surface area contributed by atoms with Crippen LogP contribution >= 0.6 is 11.3 Å². The van der Waals surface area contributed by atoms with Crippen molar-refractivity contribution in [2.75, 3.05) is 17.2 Å². The summed E-state index contributed by atoms with van der Waals surface area (Å²) in [6.07, 6.45) is 4.36. The van der Waals surface area contributed by atoms with E-state index in [0.29, 0.717) is 29.6 Å². The van der Waals surface area contributed by atoms with Gasteiger partial charge in [0.2, 0.25) is 5.91 Å². The maximum absolute atomic E-state index is 12.2. The summed E-state index contributed by atoms with van der Waals surface area (Å²) in [5.74, 6) is 1.13. The first kappa shape index (κ1) is 17.0. The van der Waals surface area contributed by atoms with Crippen molar-refractivity contribution in [2.45, 2.75) is 39.0 Å². The number of nitrogens with one attached hydrogen (secondary N) is 2. The van der Waals surface area contributed by atoms with E-state index in [1.54, 1.807) is 17.4 Å². The van der Waals surface area contributed by atoms with E-state index in [9.17, 15) is 9.59 Å². The third-order valence-corrected chi connectivity index (χ3v) is 5.81. The fourth-order valence-corrected chi connectivity index (χ4v) is 4.53. The van der Waals surface area contributed by atoms with E-state index in [4.69, 9.17) is 4.74 Å². The minimum Gasteiger partial charge on any atom is -0.484 e. The zero-order chi connectivity index (χ0) is 18.1. The van der Waals surface area contributed by atoms with Crippen molar-refractivity contribution in [3.63, 3.8) is 0 Å². The molecule has 2 heterocycles. The first-order chi connectivity index (χ1) is 12.6. The topological polar surface area (TPSA) is 80.3 Å². The van der Waals surface area contributed by atoms with Crippen molar-refractivity contribution in [1.82, 2.24) is 4.98 Å². The number of amides is 2. The van der Waals surface area contributed by atoms with Crippen LogP contribution in [0, 0.1) is 5.92 Å². The molecule has 0 bridgehead atoms. The molecule has 1 aromatic heterocycles. The summed E-state index contributed by atoms with van der Waals surface area (Å²) >= 11 is 1.57. The van der Waals surface area contributed by atoms with E-state index >= 15 is 0 Å². The summed E-state index contributed by atoms with van der Waals surface area (Å²) in [7, 11) is 0. The van der Waals surface area contributed by atoms with Crippen LogP contribution < -0.4 is 15.4 Å². The lowest BCUT2D eigenvalue weighted by Crippen LogP contribution is -2.21. The molecular weight excluding hydrogens is 350 g/mol. The van der Waals surface area contributed by atoms with Gasteiger partial charge in [-0.15, -0.1) is 11.3 Å². The number of carbonyl (C=O) groups is 2. The number of aryl methyl sites for hydroxylation is 2. The van der Waals surface area contributed by atoms with Crippen LogP contribution in [0.3, 0.4) is 0 Å². The highest BCUT2D eigenvalue weighted by molar-refractivity contribution is 7.15. The number of thiazole rings is 1. The Morgan fingerprint density at radius 2 is 2.27 bits per heavy atom. The molecule has 1 atom stereocenters. The summed E-state index contributed by atoms with van der Waals surface area (Å²) in [5, 5.41) is 6.33. The molecule has 2 amide bonds. The van der Waals surface area contributed by atoms with Gasteiger partial charge < -0.3 is 10.1 Å². The molecule has 0 fully saturated rings. The quantitative estimate of drug-likeness (QED) is 0.865. The van der Waals surface area contributed by atoms with E-state index in [-0.39, 0.29) is 18.4 Å². The van der Waals surface area contributed by atoms with Crippen molar-refractivity contribution < 1.29 is 14.3 Å². The maximum Gasteiger partial charge on any atom is 0.264 e. The Balaban J connectivity index is 1.34. The van der Waals surface area contributed by atoms with Gasteiger partial charge in [-0.3, -0.25) is 14.9 Å². The third kappa shape index (κ3) is 3.72. The van der Waals surface area contributed by atoms with Gasteiger partial charge in [0.1, 0.15) is 5.75 Å². The highest BCUT2D eigenvalue weighted by atomic mass is 32.1. The van der Waals surface area contributed by atoms with E-state index in [0.717, 1.165) is 36.2 Å². The van der Waals surface area contributed by atoms with Crippen LogP contribution in [0.1, 0.15) is 35.9 Å². The fourth-order valence-electron chi connectivity index (χ4n) is 3.35. The van der Waals surface area contributed by atoms with Gasteiger partial charge in [-0.1, -0.05) is 6.92 Å². The van der Waals surface area contributed by atoms with E-state index < -0.39 is 0 Å². The van der Waals surface area contributed by atoms with Crippen LogP contribution in [0.5, 0.6) is 5.75 Å². The van der Waals surface area contributed by atoms with Crippen molar-refractivity contribution in [3.05, 3.63) is 34.3 Å². The summed E-state index contributed by atoms with van der Waals surface area (Å²) in [6, 6.07) is 5.46. The van der Waals surface area contributed by atoms with Gasteiger partial charge in [-0.25, -0.2) is 4.98 Å². The normalized spacial score (nSPS) is 18.5. The minimum absolute atomic E-state index is 0.0334. The summed E-state index contributed by atoms with van der Waals surface area (Å²) < 4.78 is 5.60. The Kier molecular flexibility index (Phi) is 4.63. The molecule has 1 aromatic carbocycles. The first-order valence-corrected chi connectivity index (χ1v) is 9.72. The number of hydrogen-bond acceptors (Lipinski definition) is 5. The second-order valence-corrected chi connectivity index (χ2v) is 8.02. The molecule has 2 N–H and O–H groups in total. The number of hydrogen-bond donors (Lipinski definition) is 2. The second kappa shape index (κ2) is 7.07. The van der Waals surface area contributed by atoms with Gasteiger partial charge in [0.25, 0.3) is 5.91 Å². The molecule has 0 radical (unpaired) electrons. The second-order valence-electron chi connectivity index (χ2n) is 6.94. The average Bonchev–Trinajstić information content (AvgIpc) is 3.01. The molecule has 0 spiro atoms. The number of carbonyl (C=O) groups excluding carboxylic acids is 2. The predicted molar refractivity (Wildman–Crippen MR) is 101 cm³/mol. The van der Waals surface area contributed by atoms with Crippen LogP contribution in [0.2, 0.25) is 0 Å². The van der Waals surface area contributed by atoms with Gasteiger partial charge in [0.15, 0.2) is 11.7 Å². The van der Waals surface area contributed by atoms with E-state index in [1.807, 2.05) is 12.1 Å². The lowest BCUT2D eigenvalue weighted by molar-refractivity contribution is -0.118. The highest BCUT2D eigenvalue weighted by Crippen LogP contribution is 2.32. The summed E-state index contributed by atoms with van der Waals surface area (Å²) in [5.41, 5.74) is 2.98. The molecule has 1 aliphatic carbocycles. The number of nitrogens with zero attached hydrogens (tertiary/aromatic N) is 1. The van der Waals surface area contributed by atoms with Gasteiger partial charge in [-0.2, -0.15) is 0 Å². The molecule has 1 aliphatic heterocycles. The Hall–Kier alpha value is -2.41. The van der Waals surface area contributed by atoms with Crippen LogP contribution in [0.4, 0.5) is 10.8 Å². The van der Waals surface area contributed by atoms with Crippen molar-refractivity contribution in [2.24, 2.45) is 5.92 Å². The SMILES string of the molecule is C[C@H]1CCc2nc(NC(=O)COc3ccc4c(c3)CCC(=O)N4)sc2C1. The zero-order valence-electron chi connectivity index (χ0n) is 14.6. The highest BCUT2D eigenvalue weighted by Gasteiger charge is 2.20. The molecule has 0 unspecified atom stereocenters. The molecule has 136 valence electrons. The number of benzene rings is 1. The lowest BCUT2D eigenvalue weighted by Gasteiger charge is -2.17. The van der Waals surface area contributed by atoms with Crippen molar-refractivity contribution >= 4 is 34.0 Å². The van der Waals surface area contributed by atoms with Crippen LogP contribution in [0.25, 0.3) is 0 Å². The van der Waals surface area contributed by atoms with Crippen molar-refractivity contribution in [3.8, 4) is 5.75 Å². The smallest absolute Gasteiger partial charge is 0.264 e. The lowest BCUT2D eigenvalue weighted by atomic mass is 9.93. The Morgan fingerprint density at radius 3 is 3.15 bits per heavy atom. The molecule has 0 saturated carbocycles. The van der Waals surface area contributed by atoms with Gasteiger partial charge in [-0.05, 0) is 55.4 Å². The molecular formula is C19H21N3O3S. The standard InChI is InChI=1S/C19H21N3O3S/c1-11-2-5-15-16(8-11)26-19(21-15)22-18(24)10-25-13-4-6-14-12(9-13)3-7-17(23)20-14/h4,6,9,11H,2-3,5,7-8,10H2,1H3,(H,20,23)(H,21,22,24)/t11-/m0/s1. The monoisotopic (exact) mass is 371 g/mol. The summed E-state index contributed by atoms with van der Waals surface area (Å²) in [4.78, 5) is 29.4. The number of anilines is 2.